The summed E-state index contributed by atoms with van der Waals surface area (Å²) >= 11 is 1.43. The SMILES string of the molecule is CC(C(=O)Nc1nccs1)N1CCC(C)(CN)C1.Cl.Cl. The first-order valence-electron chi connectivity index (χ1n) is 6.18. The predicted molar refractivity (Wildman–Crippen MR) is 88.1 cm³/mol. The van der Waals surface area contributed by atoms with Crippen LogP contribution in [-0.2, 0) is 4.79 Å². The molecule has 1 aromatic heterocycles. The number of rotatable bonds is 4. The van der Waals surface area contributed by atoms with Crippen LogP contribution < -0.4 is 11.1 Å². The van der Waals surface area contributed by atoms with E-state index in [1.165, 1.54) is 11.3 Å². The molecule has 2 atom stereocenters. The minimum absolute atomic E-state index is 0. The lowest BCUT2D eigenvalue weighted by Crippen LogP contribution is -2.42. The Kier molecular flexibility index (Phi) is 7.98. The standard InChI is InChI=1S/C12H20N4OS.2ClH/c1-9(10(17)15-11-14-4-6-18-11)16-5-3-12(2,7-13)8-16;;/h4,6,9H,3,5,7-8,13H2,1-2H3,(H,14,15,17);2*1H. The second kappa shape index (κ2) is 8.14. The van der Waals surface area contributed by atoms with Gasteiger partial charge in [0, 0.05) is 18.1 Å². The van der Waals surface area contributed by atoms with Crippen molar-refractivity contribution < 1.29 is 4.79 Å². The lowest BCUT2D eigenvalue weighted by molar-refractivity contribution is -0.120. The Morgan fingerprint density at radius 3 is 2.85 bits per heavy atom. The molecule has 0 radical (unpaired) electrons. The third-order valence-electron chi connectivity index (χ3n) is 3.67. The summed E-state index contributed by atoms with van der Waals surface area (Å²) in [6.07, 6.45) is 2.74. The average molecular weight is 341 g/mol. The van der Waals surface area contributed by atoms with Crippen LogP contribution in [0.25, 0.3) is 0 Å². The van der Waals surface area contributed by atoms with Gasteiger partial charge in [-0.1, -0.05) is 6.92 Å². The molecule has 3 N–H and O–H groups in total. The van der Waals surface area contributed by atoms with Gasteiger partial charge in [0.05, 0.1) is 6.04 Å². The highest BCUT2D eigenvalue weighted by Gasteiger charge is 2.36. The fourth-order valence-corrected chi connectivity index (χ4v) is 2.75. The van der Waals surface area contributed by atoms with Crippen molar-refractivity contribution >= 4 is 47.2 Å². The molecule has 2 unspecified atom stereocenters. The molecule has 1 aliphatic heterocycles. The number of thiazole rings is 1. The van der Waals surface area contributed by atoms with Crippen molar-refractivity contribution in [2.45, 2.75) is 26.3 Å². The van der Waals surface area contributed by atoms with Crippen LogP contribution >= 0.6 is 36.2 Å². The summed E-state index contributed by atoms with van der Waals surface area (Å²) < 4.78 is 0. The molecule has 8 heteroatoms. The Morgan fingerprint density at radius 2 is 2.35 bits per heavy atom. The maximum absolute atomic E-state index is 12.1. The van der Waals surface area contributed by atoms with E-state index in [1.807, 2.05) is 12.3 Å². The molecule has 20 heavy (non-hydrogen) atoms. The first-order chi connectivity index (χ1) is 8.54. The second-order valence-corrected chi connectivity index (χ2v) is 6.13. The molecule has 2 rings (SSSR count). The van der Waals surface area contributed by atoms with E-state index in [9.17, 15) is 4.79 Å². The van der Waals surface area contributed by atoms with Gasteiger partial charge in [-0.3, -0.25) is 9.69 Å². The van der Waals surface area contributed by atoms with Gasteiger partial charge in [-0.25, -0.2) is 4.98 Å². The van der Waals surface area contributed by atoms with Crippen molar-refractivity contribution in [1.82, 2.24) is 9.88 Å². The summed E-state index contributed by atoms with van der Waals surface area (Å²) in [6, 6.07) is -0.137. The molecule has 0 saturated carbocycles. The lowest BCUT2D eigenvalue weighted by Gasteiger charge is -2.26. The molecule has 1 fully saturated rings. The van der Waals surface area contributed by atoms with E-state index >= 15 is 0 Å². The average Bonchev–Trinajstić information content (AvgIpc) is 2.98. The topological polar surface area (TPSA) is 71.2 Å². The van der Waals surface area contributed by atoms with E-state index in [1.54, 1.807) is 6.20 Å². The zero-order chi connectivity index (χ0) is 13.2. The first-order valence-corrected chi connectivity index (χ1v) is 7.06. The normalized spacial score (nSPS) is 23.6. The molecule has 116 valence electrons. The minimum atomic E-state index is -0.137. The number of hydrogen-bond donors (Lipinski definition) is 2. The van der Waals surface area contributed by atoms with Gasteiger partial charge in [0.15, 0.2) is 5.13 Å². The summed E-state index contributed by atoms with van der Waals surface area (Å²) in [5, 5.41) is 5.35. The molecule has 1 saturated heterocycles. The van der Waals surface area contributed by atoms with E-state index < -0.39 is 0 Å². The number of amides is 1. The van der Waals surface area contributed by atoms with Crippen LogP contribution in [0.1, 0.15) is 20.3 Å². The van der Waals surface area contributed by atoms with Crippen LogP contribution in [0, 0.1) is 5.41 Å². The Hall–Kier alpha value is -0.400. The van der Waals surface area contributed by atoms with Crippen molar-refractivity contribution in [3.05, 3.63) is 11.6 Å². The molecule has 0 aliphatic carbocycles. The van der Waals surface area contributed by atoms with Crippen LogP contribution in [0.3, 0.4) is 0 Å². The third-order valence-corrected chi connectivity index (χ3v) is 4.36. The largest absolute Gasteiger partial charge is 0.330 e. The van der Waals surface area contributed by atoms with Crippen molar-refractivity contribution in [1.29, 1.82) is 0 Å². The second-order valence-electron chi connectivity index (χ2n) is 5.24. The van der Waals surface area contributed by atoms with Crippen LogP contribution in [0.4, 0.5) is 5.13 Å². The van der Waals surface area contributed by atoms with Crippen molar-refractivity contribution in [3.63, 3.8) is 0 Å². The summed E-state index contributed by atoms with van der Waals surface area (Å²) in [5.74, 6) is 0.00576. The first kappa shape index (κ1) is 19.6. The molecule has 0 aromatic carbocycles. The fraction of sp³-hybridized carbons (Fsp3) is 0.667. The molecule has 0 bridgehead atoms. The summed E-state index contributed by atoms with van der Waals surface area (Å²) in [6.45, 7) is 6.60. The number of likely N-dealkylation sites (tertiary alicyclic amines) is 1. The lowest BCUT2D eigenvalue weighted by atomic mass is 9.90. The van der Waals surface area contributed by atoms with E-state index in [4.69, 9.17) is 5.73 Å². The van der Waals surface area contributed by atoms with E-state index in [-0.39, 0.29) is 42.2 Å². The van der Waals surface area contributed by atoms with Crippen LogP contribution in [0.15, 0.2) is 11.6 Å². The van der Waals surface area contributed by atoms with Crippen LogP contribution in [0.2, 0.25) is 0 Å². The highest BCUT2D eigenvalue weighted by atomic mass is 35.5. The maximum atomic E-state index is 12.1. The maximum Gasteiger partial charge on any atom is 0.243 e. The molecule has 2 heterocycles. The predicted octanol–water partition coefficient (Wildman–Crippen LogP) is 1.98. The molecular weight excluding hydrogens is 319 g/mol. The number of halogens is 2. The number of carbonyl (C=O) groups is 1. The highest BCUT2D eigenvalue weighted by Crippen LogP contribution is 2.29. The summed E-state index contributed by atoms with van der Waals surface area (Å²) in [4.78, 5) is 18.3. The van der Waals surface area contributed by atoms with Crippen molar-refractivity contribution in [3.8, 4) is 0 Å². The van der Waals surface area contributed by atoms with Crippen molar-refractivity contribution in [2.75, 3.05) is 25.0 Å². The number of carbonyl (C=O) groups excluding carboxylic acids is 1. The van der Waals surface area contributed by atoms with Crippen molar-refractivity contribution in [2.24, 2.45) is 11.1 Å². The molecule has 1 aliphatic rings. The molecule has 1 aromatic rings. The molecular formula is C12H22Cl2N4OS. The minimum Gasteiger partial charge on any atom is -0.330 e. The number of nitrogens with two attached hydrogens (primary N) is 1. The molecule has 5 nitrogen and oxygen atoms in total. The van der Waals surface area contributed by atoms with E-state index in [2.05, 4.69) is 22.1 Å². The van der Waals surface area contributed by atoms with E-state index in [0.29, 0.717) is 11.7 Å². The van der Waals surface area contributed by atoms with Gasteiger partial charge in [-0.2, -0.15) is 0 Å². The smallest absolute Gasteiger partial charge is 0.243 e. The Morgan fingerprint density at radius 1 is 1.65 bits per heavy atom. The zero-order valence-electron chi connectivity index (χ0n) is 11.7. The van der Waals surface area contributed by atoms with E-state index in [0.717, 1.165) is 19.5 Å². The monoisotopic (exact) mass is 340 g/mol. The Labute approximate surface area is 136 Å². The molecule has 0 spiro atoms. The van der Waals surface area contributed by atoms with Gasteiger partial charge in [-0.15, -0.1) is 36.2 Å². The fourth-order valence-electron chi connectivity index (χ4n) is 2.22. The number of nitrogens with zero attached hydrogens (tertiary/aromatic N) is 2. The third kappa shape index (κ3) is 4.56. The van der Waals surface area contributed by atoms with Gasteiger partial charge in [0.1, 0.15) is 0 Å². The number of hydrogen-bond acceptors (Lipinski definition) is 5. The van der Waals surface area contributed by atoms with Gasteiger partial charge >= 0.3 is 0 Å². The van der Waals surface area contributed by atoms with Crippen LogP contribution in [0.5, 0.6) is 0 Å². The number of anilines is 1. The number of nitrogens with one attached hydrogen (secondary N) is 1. The Bertz CT molecular complexity index is 418. The summed E-state index contributed by atoms with van der Waals surface area (Å²) in [7, 11) is 0. The van der Waals surface area contributed by atoms with Crippen LogP contribution in [-0.4, -0.2) is 41.5 Å². The van der Waals surface area contributed by atoms with Gasteiger partial charge in [0.25, 0.3) is 0 Å². The van der Waals surface area contributed by atoms with Gasteiger partial charge in [0.2, 0.25) is 5.91 Å². The summed E-state index contributed by atoms with van der Waals surface area (Å²) in [5.41, 5.74) is 5.93. The Balaban J connectivity index is 0.00000180. The number of aromatic nitrogens is 1. The van der Waals surface area contributed by atoms with Gasteiger partial charge in [-0.05, 0) is 31.8 Å². The zero-order valence-corrected chi connectivity index (χ0v) is 14.1. The van der Waals surface area contributed by atoms with Gasteiger partial charge < -0.3 is 11.1 Å². The quantitative estimate of drug-likeness (QED) is 0.879. The molecule has 1 amide bonds. The highest BCUT2D eigenvalue weighted by molar-refractivity contribution is 7.13.